The highest BCUT2D eigenvalue weighted by Gasteiger charge is 2.22. The van der Waals surface area contributed by atoms with Gasteiger partial charge < -0.3 is 10.1 Å². The highest BCUT2D eigenvalue weighted by molar-refractivity contribution is 5.39. The van der Waals surface area contributed by atoms with Gasteiger partial charge in [-0.05, 0) is 55.3 Å². The number of hydrogen-bond donors (Lipinski definition) is 1. The normalized spacial score (nSPS) is 20.0. The summed E-state index contributed by atoms with van der Waals surface area (Å²) in [5, 5.41) is 3.75. The van der Waals surface area contributed by atoms with Gasteiger partial charge in [0.1, 0.15) is 5.75 Å². The summed E-state index contributed by atoms with van der Waals surface area (Å²) in [5.41, 5.74) is 2.89. The van der Waals surface area contributed by atoms with Crippen LogP contribution < -0.4 is 10.1 Å². The minimum Gasteiger partial charge on any atom is -0.493 e. The van der Waals surface area contributed by atoms with Crippen LogP contribution in [0.25, 0.3) is 0 Å². The Balaban J connectivity index is 1.58. The highest BCUT2D eigenvalue weighted by Crippen LogP contribution is 2.30. The fourth-order valence-corrected chi connectivity index (χ4v) is 4.02. The Morgan fingerprint density at radius 1 is 1.24 bits per heavy atom. The van der Waals surface area contributed by atoms with E-state index in [-0.39, 0.29) is 0 Å². The van der Waals surface area contributed by atoms with E-state index in [1.165, 1.54) is 56.1 Å². The Bertz CT molecular complexity index is 451. The molecule has 0 amide bonds. The summed E-state index contributed by atoms with van der Waals surface area (Å²) in [5.74, 6) is 2.01. The van der Waals surface area contributed by atoms with Crippen LogP contribution in [-0.2, 0) is 12.8 Å². The van der Waals surface area contributed by atoms with Crippen molar-refractivity contribution in [1.29, 1.82) is 0 Å². The third-order valence-corrected chi connectivity index (χ3v) is 5.18. The molecule has 0 radical (unpaired) electrons. The lowest BCUT2D eigenvalue weighted by Gasteiger charge is -2.31. The average molecular weight is 287 g/mol. The number of nitrogens with one attached hydrogen (secondary N) is 1. The second-order valence-corrected chi connectivity index (χ2v) is 6.64. The summed E-state index contributed by atoms with van der Waals surface area (Å²) in [6, 6.07) is 7.50. The molecule has 1 fully saturated rings. The molecule has 2 heteroatoms. The van der Waals surface area contributed by atoms with Gasteiger partial charge in [-0.1, -0.05) is 38.3 Å². The van der Waals surface area contributed by atoms with Gasteiger partial charge in [-0.25, -0.2) is 0 Å². The summed E-state index contributed by atoms with van der Waals surface area (Å²) in [6.45, 7) is 4.20. The van der Waals surface area contributed by atoms with E-state index < -0.39 is 0 Å². The fraction of sp³-hybridized carbons (Fsp3) is 0.684. The van der Waals surface area contributed by atoms with Crippen molar-refractivity contribution in [3.63, 3.8) is 0 Å². The summed E-state index contributed by atoms with van der Waals surface area (Å²) < 4.78 is 5.60. The number of benzene rings is 1. The molecular formula is C19H29NO. The molecule has 1 aliphatic heterocycles. The van der Waals surface area contributed by atoms with Gasteiger partial charge in [0.05, 0.1) is 6.61 Å². The molecule has 1 aromatic carbocycles. The first-order valence-electron chi connectivity index (χ1n) is 8.85. The second kappa shape index (κ2) is 7.31. The van der Waals surface area contributed by atoms with Gasteiger partial charge in [-0.3, -0.25) is 0 Å². The van der Waals surface area contributed by atoms with Gasteiger partial charge in [0.25, 0.3) is 0 Å². The lowest BCUT2D eigenvalue weighted by atomic mass is 9.81. The summed E-state index contributed by atoms with van der Waals surface area (Å²) in [4.78, 5) is 0. The predicted molar refractivity (Wildman–Crippen MR) is 88.0 cm³/mol. The quantitative estimate of drug-likeness (QED) is 0.850. The zero-order chi connectivity index (χ0) is 14.5. The molecule has 21 heavy (non-hydrogen) atoms. The molecule has 2 nitrogen and oxygen atoms in total. The number of fused-ring (bicyclic) bond motifs is 1. The fourth-order valence-electron chi connectivity index (χ4n) is 4.02. The summed E-state index contributed by atoms with van der Waals surface area (Å²) in [7, 11) is 0. The van der Waals surface area contributed by atoms with Gasteiger partial charge in [0.2, 0.25) is 0 Å². The molecule has 3 rings (SSSR count). The van der Waals surface area contributed by atoms with Crippen LogP contribution in [0.2, 0.25) is 0 Å². The monoisotopic (exact) mass is 287 g/mol. The summed E-state index contributed by atoms with van der Waals surface area (Å²) >= 11 is 0. The van der Waals surface area contributed by atoms with Crippen molar-refractivity contribution in [1.82, 2.24) is 5.32 Å². The SMILES string of the molecule is CCNC(CCc1ccc2c(c1)CCO2)C1CCCCC1. The van der Waals surface area contributed by atoms with E-state index in [2.05, 4.69) is 30.4 Å². The maximum atomic E-state index is 5.60. The van der Waals surface area contributed by atoms with Crippen LogP contribution in [0.15, 0.2) is 18.2 Å². The third-order valence-electron chi connectivity index (χ3n) is 5.18. The smallest absolute Gasteiger partial charge is 0.122 e. The van der Waals surface area contributed by atoms with Crippen LogP contribution in [0.1, 0.15) is 56.6 Å². The minimum absolute atomic E-state index is 0.708. The Morgan fingerprint density at radius 3 is 2.90 bits per heavy atom. The van der Waals surface area contributed by atoms with Crippen molar-refractivity contribution in [2.75, 3.05) is 13.2 Å². The van der Waals surface area contributed by atoms with Crippen LogP contribution in [0, 0.1) is 5.92 Å². The van der Waals surface area contributed by atoms with Crippen molar-refractivity contribution < 1.29 is 4.74 Å². The molecule has 1 N–H and O–H groups in total. The largest absolute Gasteiger partial charge is 0.493 e. The Hall–Kier alpha value is -1.02. The van der Waals surface area contributed by atoms with Crippen molar-refractivity contribution >= 4 is 0 Å². The van der Waals surface area contributed by atoms with E-state index in [0.29, 0.717) is 6.04 Å². The van der Waals surface area contributed by atoms with Gasteiger partial charge >= 0.3 is 0 Å². The zero-order valence-corrected chi connectivity index (χ0v) is 13.4. The lowest BCUT2D eigenvalue weighted by molar-refractivity contribution is 0.261. The van der Waals surface area contributed by atoms with E-state index in [0.717, 1.165) is 31.2 Å². The van der Waals surface area contributed by atoms with E-state index in [4.69, 9.17) is 4.74 Å². The average Bonchev–Trinajstić information content (AvgIpc) is 3.00. The zero-order valence-electron chi connectivity index (χ0n) is 13.4. The molecule has 1 aliphatic carbocycles. The predicted octanol–water partition coefficient (Wildman–Crippen LogP) is 4.11. The Kier molecular flexibility index (Phi) is 5.18. The number of aryl methyl sites for hydroxylation is 1. The maximum absolute atomic E-state index is 5.60. The van der Waals surface area contributed by atoms with Crippen LogP contribution in [-0.4, -0.2) is 19.2 Å². The molecule has 1 saturated carbocycles. The molecule has 0 bridgehead atoms. The van der Waals surface area contributed by atoms with E-state index in [1.54, 1.807) is 0 Å². The van der Waals surface area contributed by atoms with Crippen molar-refractivity contribution in [2.45, 2.75) is 64.3 Å². The van der Waals surface area contributed by atoms with Crippen molar-refractivity contribution in [3.05, 3.63) is 29.3 Å². The van der Waals surface area contributed by atoms with Gasteiger partial charge in [0, 0.05) is 12.5 Å². The number of rotatable bonds is 6. The summed E-state index contributed by atoms with van der Waals surface area (Å²) in [6.07, 6.45) is 10.7. The highest BCUT2D eigenvalue weighted by atomic mass is 16.5. The van der Waals surface area contributed by atoms with Crippen LogP contribution in [0.3, 0.4) is 0 Å². The van der Waals surface area contributed by atoms with Crippen LogP contribution in [0.4, 0.5) is 0 Å². The van der Waals surface area contributed by atoms with E-state index >= 15 is 0 Å². The lowest BCUT2D eigenvalue weighted by Crippen LogP contribution is -2.37. The number of ether oxygens (including phenoxy) is 1. The molecule has 2 aliphatic rings. The van der Waals surface area contributed by atoms with Gasteiger partial charge in [0.15, 0.2) is 0 Å². The first-order chi connectivity index (χ1) is 10.4. The van der Waals surface area contributed by atoms with Crippen molar-refractivity contribution in [3.8, 4) is 5.75 Å². The van der Waals surface area contributed by atoms with Crippen molar-refractivity contribution in [2.24, 2.45) is 5.92 Å². The van der Waals surface area contributed by atoms with Crippen LogP contribution in [0.5, 0.6) is 5.75 Å². The van der Waals surface area contributed by atoms with E-state index in [9.17, 15) is 0 Å². The number of hydrogen-bond acceptors (Lipinski definition) is 2. The van der Waals surface area contributed by atoms with Gasteiger partial charge in [-0.2, -0.15) is 0 Å². The minimum atomic E-state index is 0.708. The van der Waals surface area contributed by atoms with Crippen LogP contribution >= 0.6 is 0 Å². The first-order valence-corrected chi connectivity index (χ1v) is 8.85. The molecule has 116 valence electrons. The molecule has 1 atom stereocenters. The molecule has 0 aromatic heterocycles. The third kappa shape index (κ3) is 3.79. The topological polar surface area (TPSA) is 21.3 Å². The first kappa shape index (κ1) is 14.9. The molecule has 0 spiro atoms. The standard InChI is InChI=1S/C19H29NO/c1-2-20-18(16-6-4-3-5-7-16)10-8-15-9-11-19-17(14-15)12-13-21-19/h9,11,14,16,18,20H,2-8,10,12-13H2,1H3. The molecule has 0 saturated heterocycles. The molecule has 1 unspecified atom stereocenters. The molecule has 1 heterocycles. The Morgan fingerprint density at radius 2 is 2.10 bits per heavy atom. The second-order valence-electron chi connectivity index (χ2n) is 6.64. The van der Waals surface area contributed by atoms with E-state index in [1.807, 2.05) is 0 Å². The van der Waals surface area contributed by atoms with Gasteiger partial charge in [-0.15, -0.1) is 0 Å². The Labute approximate surface area is 129 Å². The molecular weight excluding hydrogens is 258 g/mol. The molecule has 1 aromatic rings. The maximum Gasteiger partial charge on any atom is 0.122 e.